The maximum Gasteiger partial charge on any atom is 0.320 e. The second-order valence-electron chi connectivity index (χ2n) is 13.6. The summed E-state index contributed by atoms with van der Waals surface area (Å²) >= 11 is 11.6. The van der Waals surface area contributed by atoms with E-state index in [4.69, 9.17) is 38.4 Å². The van der Waals surface area contributed by atoms with Crippen LogP contribution in [-0.2, 0) is 46.5 Å². The molecule has 2 aromatic rings. The Morgan fingerprint density at radius 2 is 1.26 bits per heavy atom. The SMILES string of the molecule is CC12CCC(C)(O1)C(C(=O)NCc1cccc(Cl)c1)C2C(=O)O.CC12CCC(C)(O1)C1C(=O)OC(=O)C12.NCc1cccc(Cl)c1. The normalized spacial score (nSPS) is 36.2. The molecule has 4 bridgehead atoms. The maximum atomic E-state index is 12.7. The molecule has 5 heterocycles. The van der Waals surface area contributed by atoms with Crippen LogP contribution in [0.5, 0.6) is 0 Å². The van der Waals surface area contributed by atoms with Gasteiger partial charge in [0, 0.05) is 23.1 Å². The molecule has 2 aromatic carbocycles. The molecule has 248 valence electrons. The number of nitrogens with two attached hydrogens (primary N) is 1. The summed E-state index contributed by atoms with van der Waals surface area (Å²) in [6.45, 7) is 8.31. The van der Waals surface area contributed by atoms with Crippen molar-refractivity contribution in [2.24, 2.45) is 29.4 Å². The van der Waals surface area contributed by atoms with Crippen LogP contribution in [0.2, 0.25) is 10.0 Å². The zero-order valence-corrected chi connectivity index (χ0v) is 27.8. The molecule has 8 unspecified atom stereocenters. The second-order valence-corrected chi connectivity index (χ2v) is 14.5. The first-order valence-corrected chi connectivity index (χ1v) is 16.2. The highest BCUT2D eigenvalue weighted by Gasteiger charge is 2.72. The number of cyclic esters (lactones) is 2. The standard InChI is InChI=1S/C17H20ClNO4.C10H12O4.C7H8ClN/c1-16-6-7-17(2,23-16)13(15(21)22)12(16)14(20)19-9-10-4-3-5-11(18)8-10;1-9-3-4-10(2,14-9)6-5(9)7(11)13-8(6)12;8-7-3-1-2-6(4-7)5-9/h3-5,8,12-13H,6-7,9H2,1-2H3,(H,19,20)(H,21,22);5-6H,3-4H2,1-2H3;1-4H,5,9H2. The van der Waals surface area contributed by atoms with Gasteiger partial charge in [-0.1, -0.05) is 47.5 Å². The molecule has 5 aliphatic rings. The molecule has 0 saturated carbocycles. The van der Waals surface area contributed by atoms with Crippen molar-refractivity contribution < 1.29 is 38.5 Å². The third kappa shape index (κ3) is 6.30. The van der Waals surface area contributed by atoms with E-state index in [0.29, 0.717) is 31.0 Å². The lowest BCUT2D eigenvalue weighted by molar-refractivity contribution is -0.161. The van der Waals surface area contributed by atoms with E-state index in [-0.39, 0.29) is 17.7 Å². The van der Waals surface area contributed by atoms with Crippen molar-refractivity contribution in [2.45, 2.75) is 88.9 Å². The molecule has 7 rings (SSSR count). The summed E-state index contributed by atoms with van der Waals surface area (Å²) in [7, 11) is 0. The van der Waals surface area contributed by atoms with Crippen LogP contribution in [0.15, 0.2) is 48.5 Å². The lowest BCUT2D eigenvalue weighted by Crippen LogP contribution is -2.50. The number of ether oxygens (including phenoxy) is 3. The van der Waals surface area contributed by atoms with Crippen LogP contribution in [0, 0.1) is 23.7 Å². The minimum absolute atomic E-state index is 0.275. The third-order valence-corrected chi connectivity index (χ3v) is 10.7. The molecule has 0 aliphatic carbocycles. The monoisotopic (exact) mass is 674 g/mol. The van der Waals surface area contributed by atoms with Crippen LogP contribution < -0.4 is 11.1 Å². The van der Waals surface area contributed by atoms with Gasteiger partial charge in [0.05, 0.1) is 34.2 Å². The molecule has 0 aromatic heterocycles. The molecule has 5 fully saturated rings. The summed E-state index contributed by atoms with van der Waals surface area (Å²) < 4.78 is 16.5. The van der Waals surface area contributed by atoms with Gasteiger partial charge >= 0.3 is 17.9 Å². The van der Waals surface area contributed by atoms with Crippen LogP contribution in [0.1, 0.15) is 64.5 Å². The van der Waals surface area contributed by atoms with Gasteiger partial charge in [0.2, 0.25) is 5.91 Å². The quantitative estimate of drug-likeness (QED) is 0.292. The second kappa shape index (κ2) is 12.5. The van der Waals surface area contributed by atoms with Gasteiger partial charge in [0.25, 0.3) is 0 Å². The molecule has 5 saturated heterocycles. The van der Waals surface area contributed by atoms with E-state index in [0.717, 1.165) is 29.0 Å². The molecule has 10 nitrogen and oxygen atoms in total. The van der Waals surface area contributed by atoms with Crippen molar-refractivity contribution in [2.75, 3.05) is 0 Å². The number of hydrogen-bond donors (Lipinski definition) is 3. The molecule has 8 atom stereocenters. The molecule has 46 heavy (non-hydrogen) atoms. The minimum Gasteiger partial charge on any atom is -0.481 e. The summed E-state index contributed by atoms with van der Waals surface area (Å²) in [5.41, 5.74) is 4.89. The van der Waals surface area contributed by atoms with Crippen LogP contribution in [-0.4, -0.2) is 51.3 Å². The van der Waals surface area contributed by atoms with Crippen molar-refractivity contribution in [1.82, 2.24) is 5.32 Å². The van der Waals surface area contributed by atoms with Gasteiger partial charge in [0.15, 0.2) is 0 Å². The van der Waals surface area contributed by atoms with Crippen LogP contribution >= 0.6 is 23.2 Å². The average molecular weight is 676 g/mol. The Hall–Kier alpha value is -3.02. The van der Waals surface area contributed by atoms with Crippen molar-refractivity contribution in [1.29, 1.82) is 0 Å². The summed E-state index contributed by atoms with van der Waals surface area (Å²) in [4.78, 5) is 47.3. The summed E-state index contributed by atoms with van der Waals surface area (Å²) in [6.07, 6.45) is 3.04. The van der Waals surface area contributed by atoms with Crippen molar-refractivity contribution >= 4 is 47.0 Å². The fourth-order valence-electron chi connectivity index (χ4n) is 7.99. The van der Waals surface area contributed by atoms with E-state index in [1.165, 1.54) is 0 Å². The largest absolute Gasteiger partial charge is 0.481 e. The number of amides is 1. The van der Waals surface area contributed by atoms with Crippen molar-refractivity contribution in [3.05, 3.63) is 69.7 Å². The lowest BCUT2D eigenvalue weighted by Gasteiger charge is -2.32. The minimum atomic E-state index is -0.973. The molecule has 0 radical (unpaired) electrons. The smallest absolute Gasteiger partial charge is 0.320 e. The molecule has 4 N–H and O–H groups in total. The van der Waals surface area contributed by atoms with Crippen LogP contribution in [0.3, 0.4) is 0 Å². The summed E-state index contributed by atoms with van der Waals surface area (Å²) in [6, 6.07) is 14.8. The number of hydrogen-bond acceptors (Lipinski definition) is 8. The number of esters is 2. The molecule has 0 spiro atoms. The molecular weight excluding hydrogens is 635 g/mol. The first kappa shape index (κ1) is 34.3. The number of halogens is 2. The Kier molecular flexibility index (Phi) is 9.36. The van der Waals surface area contributed by atoms with Crippen molar-refractivity contribution in [3.63, 3.8) is 0 Å². The lowest BCUT2D eigenvalue weighted by atomic mass is 9.67. The molecule has 1 amide bonds. The maximum absolute atomic E-state index is 12.7. The number of rotatable bonds is 5. The fraction of sp³-hybridized carbons (Fsp3) is 0.529. The van der Waals surface area contributed by atoms with Gasteiger partial charge < -0.3 is 30.4 Å². The first-order valence-electron chi connectivity index (χ1n) is 15.4. The van der Waals surface area contributed by atoms with E-state index in [1.54, 1.807) is 19.1 Å². The number of nitrogens with one attached hydrogen (secondary N) is 1. The average Bonchev–Trinajstić information content (AvgIpc) is 3.72. The topological polar surface area (TPSA) is 154 Å². The van der Waals surface area contributed by atoms with E-state index < -0.39 is 52.1 Å². The number of aliphatic carboxylic acids is 1. The Morgan fingerprint density at radius 1 is 0.804 bits per heavy atom. The Morgan fingerprint density at radius 3 is 1.74 bits per heavy atom. The van der Waals surface area contributed by atoms with Gasteiger partial charge in [-0.2, -0.15) is 0 Å². The third-order valence-electron chi connectivity index (χ3n) is 10.2. The number of carboxylic acid groups (broad SMARTS) is 1. The predicted octanol–water partition coefficient (Wildman–Crippen LogP) is 5.06. The van der Waals surface area contributed by atoms with Gasteiger partial charge in [-0.05, 0) is 88.8 Å². The Bertz CT molecular complexity index is 1520. The number of carboxylic acids is 1. The zero-order chi connectivity index (χ0) is 33.7. The highest BCUT2D eigenvalue weighted by molar-refractivity contribution is 6.30. The van der Waals surface area contributed by atoms with E-state index in [1.807, 2.05) is 57.2 Å². The summed E-state index contributed by atoms with van der Waals surface area (Å²) in [5.74, 6) is -4.28. The number of carbonyl (C=O) groups excluding carboxylic acids is 3. The van der Waals surface area contributed by atoms with Gasteiger partial charge in [-0.15, -0.1) is 0 Å². The van der Waals surface area contributed by atoms with E-state index >= 15 is 0 Å². The van der Waals surface area contributed by atoms with E-state index in [2.05, 4.69) is 10.1 Å². The van der Waals surface area contributed by atoms with Gasteiger partial charge in [-0.3, -0.25) is 19.2 Å². The molecule has 5 aliphatic heterocycles. The Balaban J connectivity index is 0.000000153. The zero-order valence-electron chi connectivity index (χ0n) is 26.3. The van der Waals surface area contributed by atoms with Crippen molar-refractivity contribution in [3.8, 4) is 0 Å². The van der Waals surface area contributed by atoms with Gasteiger partial charge in [0.1, 0.15) is 11.8 Å². The number of carbonyl (C=O) groups is 4. The van der Waals surface area contributed by atoms with E-state index in [9.17, 15) is 24.3 Å². The highest BCUT2D eigenvalue weighted by atomic mass is 35.5. The first-order chi connectivity index (χ1) is 21.5. The van der Waals surface area contributed by atoms with Crippen LogP contribution in [0.4, 0.5) is 0 Å². The number of fused-ring (bicyclic) bond motifs is 7. The van der Waals surface area contributed by atoms with Crippen LogP contribution in [0.25, 0.3) is 0 Å². The molecule has 12 heteroatoms. The molecular formula is C34H40Cl2N2O8. The number of benzene rings is 2. The Labute approximate surface area is 278 Å². The summed E-state index contributed by atoms with van der Waals surface area (Å²) in [5, 5.41) is 13.8. The highest BCUT2D eigenvalue weighted by Crippen LogP contribution is 2.60. The van der Waals surface area contributed by atoms with Gasteiger partial charge in [-0.25, -0.2) is 0 Å². The fourth-order valence-corrected chi connectivity index (χ4v) is 8.41. The predicted molar refractivity (Wildman–Crippen MR) is 170 cm³/mol.